The first kappa shape index (κ1) is 17.8. The number of aromatic nitrogens is 1. The fourth-order valence-corrected chi connectivity index (χ4v) is 2.43. The second-order valence-corrected chi connectivity index (χ2v) is 5.31. The van der Waals surface area contributed by atoms with E-state index in [1.165, 1.54) is 0 Å². The third-order valence-corrected chi connectivity index (χ3v) is 3.67. The number of nitrogens with zero attached hydrogens (tertiary/aromatic N) is 3. The Morgan fingerprint density at radius 3 is 2.67 bits per heavy atom. The van der Waals surface area contributed by atoms with Gasteiger partial charge in [-0.05, 0) is 31.9 Å². The minimum Gasteiger partial charge on any atom is -0.450 e. The Hall–Kier alpha value is -2.50. The lowest BCUT2D eigenvalue weighted by molar-refractivity contribution is -0.141. The van der Waals surface area contributed by atoms with Crippen LogP contribution >= 0.6 is 0 Å². The summed E-state index contributed by atoms with van der Waals surface area (Å²) in [5.41, 5.74) is -0.996. The Bertz CT molecular complexity index is 635. The van der Waals surface area contributed by atoms with Crippen LogP contribution in [0.5, 0.6) is 0 Å². The molecule has 0 saturated carbocycles. The molecule has 6 nitrogen and oxygen atoms in total. The van der Waals surface area contributed by atoms with Crippen molar-refractivity contribution < 1.29 is 22.7 Å². The van der Waals surface area contributed by atoms with Gasteiger partial charge >= 0.3 is 12.3 Å². The summed E-state index contributed by atoms with van der Waals surface area (Å²) in [5.74, 6) is -0.0816. The van der Waals surface area contributed by atoms with Crippen molar-refractivity contribution in [2.75, 3.05) is 25.0 Å². The Morgan fingerprint density at radius 2 is 2.12 bits per heavy atom. The van der Waals surface area contributed by atoms with Gasteiger partial charge in [0.1, 0.15) is 17.6 Å². The fourth-order valence-electron chi connectivity index (χ4n) is 2.43. The van der Waals surface area contributed by atoms with Gasteiger partial charge in [-0.1, -0.05) is 0 Å². The molecule has 1 aromatic rings. The smallest absolute Gasteiger partial charge is 0.433 e. The third-order valence-electron chi connectivity index (χ3n) is 3.67. The van der Waals surface area contributed by atoms with Crippen LogP contribution in [0, 0.1) is 11.3 Å². The average Bonchev–Trinajstić information content (AvgIpc) is 2.55. The van der Waals surface area contributed by atoms with Crippen molar-refractivity contribution in [1.82, 2.24) is 9.88 Å². The quantitative estimate of drug-likeness (QED) is 0.913. The van der Waals surface area contributed by atoms with Gasteiger partial charge in [0.05, 0.1) is 12.2 Å². The van der Waals surface area contributed by atoms with Gasteiger partial charge < -0.3 is 15.0 Å². The monoisotopic (exact) mass is 342 g/mol. The number of nitriles is 1. The molecule has 9 heteroatoms. The van der Waals surface area contributed by atoms with Gasteiger partial charge in [0.25, 0.3) is 0 Å². The van der Waals surface area contributed by atoms with Gasteiger partial charge in [0.15, 0.2) is 0 Å². The summed E-state index contributed by atoms with van der Waals surface area (Å²) in [7, 11) is 0. The molecule has 1 N–H and O–H groups in total. The lowest BCUT2D eigenvalue weighted by Crippen LogP contribution is -2.42. The van der Waals surface area contributed by atoms with Crippen molar-refractivity contribution in [2.45, 2.75) is 32.0 Å². The van der Waals surface area contributed by atoms with Crippen LogP contribution in [0.4, 0.5) is 23.8 Å². The number of pyridine rings is 1. The highest BCUT2D eigenvalue weighted by Crippen LogP contribution is 2.30. The van der Waals surface area contributed by atoms with Gasteiger partial charge in [-0.25, -0.2) is 9.78 Å². The predicted molar refractivity (Wildman–Crippen MR) is 79.2 cm³/mol. The van der Waals surface area contributed by atoms with Crippen molar-refractivity contribution in [3.05, 3.63) is 23.4 Å². The summed E-state index contributed by atoms with van der Waals surface area (Å²) < 4.78 is 43.2. The molecule has 0 aliphatic carbocycles. The van der Waals surface area contributed by atoms with Crippen LogP contribution < -0.4 is 5.32 Å². The number of rotatable bonds is 3. The first-order valence-corrected chi connectivity index (χ1v) is 7.51. The second kappa shape index (κ2) is 7.38. The molecule has 130 valence electrons. The number of alkyl halides is 3. The number of hydrogen-bond donors (Lipinski definition) is 1. The molecule has 0 atom stereocenters. The van der Waals surface area contributed by atoms with Crippen LogP contribution in [0.2, 0.25) is 0 Å². The molecule has 1 aliphatic rings. The number of likely N-dealkylation sites (tertiary alicyclic amines) is 1. The van der Waals surface area contributed by atoms with E-state index in [1.807, 2.05) is 6.07 Å². The highest BCUT2D eigenvalue weighted by Gasteiger charge is 2.33. The Balaban J connectivity index is 2.04. The van der Waals surface area contributed by atoms with Crippen molar-refractivity contribution in [3.63, 3.8) is 0 Å². The predicted octanol–water partition coefficient (Wildman–Crippen LogP) is 3.00. The number of carbonyl (C=O) groups is 1. The fraction of sp³-hybridized carbons (Fsp3) is 0.533. The number of hydrogen-bond acceptors (Lipinski definition) is 5. The van der Waals surface area contributed by atoms with Gasteiger partial charge in [0, 0.05) is 19.1 Å². The number of piperidine rings is 1. The summed E-state index contributed by atoms with van der Waals surface area (Å²) in [4.78, 5) is 16.7. The molecule has 1 amide bonds. The van der Waals surface area contributed by atoms with E-state index in [0.29, 0.717) is 25.9 Å². The summed E-state index contributed by atoms with van der Waals surface area (Å²) in [6, 6.07) is 3.55. The normalized spacial score (nSPS) is 15.7. The molecule has 1 aromatic heterocycles. The van der Waals surface area contributed by atoms with Crippen molar-refractivity contribution in [2.24, 2.45) is 0 Å². The zero-order valence-electron chi connectivity index (χ0n) is 13.1. The van der Waals surface area contributed by atoms with Gasteiger partial charge in [0.2, 0.25) is 0 Å². The molecular weight excluding hydrogens is 325 g/mol. The van der Waals surface area contributed by atoms with Crippen LogP contribution in [0.15, 0.2) is 12.1 Å². The Kier molecular flexibility index (Phi) is 5.49. The standard InChI is InChI=1S/C15H17F3N4O2/c1-2-24-14(23)22-7-5-11(6-8-22)20-13-10(9-19)3-4-12(21-13)15(16,17)18/h3-4,11H,2,5-8H2,1H3,(H,20,21). The first-order valence-electron chi connectivity index (χ1n) is 7.51. The maximum atomic E-state index is 12.8. The van der Waals surface area contributed by atoms with Crippen LogP contribution in [0.3, 0.4) is 0 Å². The Labute approximate surface area is 137 Å². The lowest BCUT2D eigenvalue weighted by atomic mass is 10.1. The van der Waals surface area contributed by atoms with E-state index in [4.69, 9.17) is 10.00 Å². The van der Waals surface area contributed by atoms with E-state index in [9.17, 15) is 18.0 Å². The molecule has 0 bridgehead atoms. The third kappa shape index (κ3) is 4.28. The molecule has 1 aliphatic heterocycles. The molecule has 0 aromatic carbocycles. The summed E-state index contributed by atoms with van der Waals surface area (Å²) in [6.45, 7) is 2.86. The SMILES string of the molecule is CCOC(=O)N1CCC(Nc2nc(C(F)(F)F)ccc2C#N)CC1. The second-order valence-electron chi connectivity index (χ2n) is 5.31. The highest BCUT2D eigenvalue weighted by atomic mass is 19.4. The topological polar surface area (TPSA) is 78.2 Å². The van der Waals surface area contributed by atoms with Crippen molar-refractivity contribution >= 4 is 11.9 Å². The van der Waals surface area contributed by atoms with Gasteiger partial charge in [-0.3, -0.25) is 0 Å². The van der Waals surface area contributed by atoms with Crippen LogP contribution in [-0.2, 0) is 10.9 Å². The van der Waals surface area contributed by atoms with Crippen LogP contribution in [0.1, 0.15) is 31.0 Å². The largest absolute Gasteiger partial charge is 0.450 e. The molecule has 1 fully saturated rings. The lowest BCUT2D eigenvalue weighted by Gasteiger charge is -2.32. The Morgan fingerprint density at radius 1 is 1.46 bits per heavy atom. The van der Waals surface area contributed by atoms with E-state index in [-0.39, 0.29) is 24.0 Å². The molecule has 1 saturated heterocycles. The molecule has 2 rings (SSSR count). The van der Waals surface area contributed by atoms with E-state index in [2.05, 4.69) is 10.3 Å². The van der Waals surface area contributed by atoms with Gasteiger partial charge in [-0.2, -0.15) is 18.4 Å². The minimum absolute atomic E-state index is 0.0517. The zero-order chi connectivity index (χ0) is 17.7. The maximum absolute atomic E-state index is 12.8. The van der Waals surface area contributed by atoms with Gasteiger partial charge in [-0.15, -0.1) is 0 Å². The summed E-state index contributed by atoms with van der Waals surface area (Å²) in [6.07, 6.45) is -3.91. The van der Waals surface area contributed by atoms with E-state index >= 15 is 0 Å². The number of carbonyl (C=O) groups excluding carboxylic acids is 1. The average molecular weight is 342 g/mol. The molecule has 0 unspecified atom stereocenters. The maximum Gasteiger partial charge on any atom is 0.433 e. The molecule has 0 spiro atoms. The molecule has 2 heterocycles. The highest BCUT2D eigenvalue weighted by molar-refractivity contribution is 5.67. The molecule has 0 radical (unpaired) electrons. The van der Waals surface area contributed by atoms with E-state index in [0.717, 1.165) is 12.1 Å². The number of ether oxygens (including phenoxy) is 1. The molecule has 24 heavy (non-hydrogen) atoms. The first-order chi connectivity index (χ1) is 11.3. The number of amides is 1. The minimum atomic E-state index is -4.57. The van der Waals surface area contributed by atoms with Crippen LogP contribution in [0.25, 0.3) is 0 Å². The van der Waals surface area contributed by atoms with Crippen LogP contribution in [-0.4, -0.2) is 41.7 Å². The summed E-state index contributed by atoms with van der Waals surface area (Å²) in [5, 5.41) is 11.9. The van der Waals surface area contributed by atoms with Crippen molar-refractivity contribution in [1.29, 1.82) is 5.26 Å². The van der Waals surface area contributed by atoms with E-state index in [1.54, 1.807) is 11.8 Å². The zero-order valence-corrected chi connectivity index (χ0v) is 13.1. The number of nitrogens with one attached hydrogen (secondary N) is 1. The summed E-state index contributed by atoms with van der Waals surface area (Å²) >= 11 is 0. The number of halogens is 3. The molecular formula is C15H17F3N4O2. The van der Waals surface area contributed by atoms with Crippen molar-refractivity contribution in [3.8, 4) is 6.07 Å². The number of anilines is 1. The van der Waals surface area contributed by atoms with E-state index < -0.39 is 18.0 Å².